The van der Waals surface area contributed by atoms with Crippen molar-refractivity contribution in [2.75, 3.05) is 30.9 Å². The second-order valence-electron chi connectivity index (χ2n) is 7.91. The molecule has 4 aromatic rings. The average Bonchev–Trinajstić information content (AvgIpc) is 2.92. The van der Waals surface area contributed by atoms with E-state index in [4.69, 9.17) is 24.7 Å². The molecule has 4 rings (SSSR count). The van der Waals surface area contributed by atoms with Gasteiger partial charge in [0.05, 0.1) is 42.6 Å². The third-order valence-electron chi connectivity index (χ3n) is 5.55. The predicted molar refractivity (Wildman–Crippen MR) is 143 cm³/mol. The van der Waals surface area contributed by atoms with E-state index in [1.54, 1.807) is 26.4 Å². The smallest absolute Gasteiger partial charge is 0.180 e. The first-order chi connectivity index (χ1) is 17.6. The van der Waals surface area contributed by atoms with Crippen molar-refractivity contribution in [3.8, 4) is 17.6 Å². The maximum absolute atomic E-state index is 9.27. The Labute approximate surface area is 214 Å². The molecule has 1 aromatic heterocycles. The fourth-order valence-electron chi connectivity index (χ4n) is 3.69. The van der Waals surface area contributed by atoms with E-state index in [2.05, 4.69) is 16.1 Å². The van der Waals surface area contributed by atoms with Crippen molar-refractivity contribution in [3.63, 3.8) is 0 Å². The van der Waals surface area contributed by atoms with Crippen LogP contribution in [0, 0.1) is 11.3 Å². The summed E-state index contributed by atoms with van der Waals surface area (Å²) >= 11 is 1.38. The summed E-state index contributed by atoms with van der Waals surface area (Å²) < 4.78 is 14.5. The number of para-hydroxylation sites is 2. The molecular formula is C27H27N5O3S. The predicted octanol–water partition coefficient (Wildman–Crippen LogP) is 5.70. The Balaban J connectivity index is 1.71. The number of ether oxygens (including phenoxy) is 2. The molecule has 0 aliphatic carbocycles. The minimum atomic E-state index is 0.137. The number of nitrogens with zero attached hydrogens (tertiary/aromatic N) is 3. The molecule has 0 unspecified atom stereocenters. The van der Waals surface area contributed by atoms with Gasteiger partial charge in [-0.1, -0.05) is 12.1 Å². The summed E-state index contributed by atoms with van der Waals surface area (Å²) in [4.78, 5) is 10.6. The van der Waals surface area contributed by atoms with Crippen LogP contribution in [0.25, 0.3) is 11.0 Å². The minimum absolute atomic E-state index is 0.137. The first-order valence-electron chi connectivity index (χ1n) is 11.5. The van der Waals surface area contributed by atoms with E-state index < -0.39 is 0 Å². The number of benzene rings is 3. The van der Waals surface area contributed by atoms with E-state index in [0.717, 1.165) is 33.6 Å². The fourth-order valence-corrected chi connectivity index (χ4v) is 4.32. The first-order valence-corrected chi connectivity index (χ1v) is 12.3. The summed E-state index contributed by atoms with van der Waals surface area (Å²) in [6.07, 6.45) is 2.20. The van der Waals surface area contributed by atoms with Crippen molar-refractivity contribution in [2.45, 2.75) is 24.2 Å². The number of aromatic nitrogens is 2. The van der Waals surface area contributed by atoms with Crippen LogP contribution in [0.3, 0.4) is 0 Å². The van der Waals surface area contributed by atoms with Gasteiger partial charge < -0.3 is 24.6 Å². The molecule has 0 fully saturated rings. The molecule has 0 aliphatic rings. The van der Waals surface area contributed by atoms with Crippen molar-refractivity contribution in [1.29, 1.82) is 5.26 Å². The number of aliphatic hydroxyl groups excluding tert-OH is 1. The first kappa shape index (κ1) is 25.1. The largest absolute Gasteiger partial charge is 0.497 e. The molecule has 0 amide bonds. The maximum Gasteiger partial charge on any atom is 0.180 e. The topological polar surface area (TPSA) is 112 Å². The highest BCUT2D eigenvalue weighted by Gasteiger charge is 2.16. The molecule has 0 saturated carbocycles. The lowest BCUT2D eigenvalue weighted by Crippen LogP contribution is -2.06. The second-order valence-corrected chi connectivity index (χ2v) is 8.79. The van der Waals surface area contributed by atoms with Crippen LogP contribution in [0.2, 0.25) is 0 Å². The molecular weight excluding hydrogens is 474 g/mol. The molecule has 0 radical (unpaired) electrons. The Morgan fingerprint density at radius 2 is 1.67 bits per heavy atom. The van der Waals surface area contributed by atoms with Crippen molar-refractivity contribution >= 4 is 40.3 Å². The van der Waals surface area contributed by atoms with E-state index in [0.29, 0.717) is 41.5 Å². The number of fused-ring (bicyclic) bond motifs is 1. The number of methoxy groups -OCH3 is 2. The van der Waals surface area contributed by atoms with Gasteiger partial charge in [-0.15, -0.1) is 0 Å². The fraction of sp³-hybridized carbons (Fsp3) is 0.222. The summed E-state index contributed by atoms with van der Waals surface area (Å²) in [6, 6.07) is 20.9. The zero-order valence-electron chi connectivity index (χ0n) is 20.1. The molecule has 1 heterocycles. The maximum atomic E-state index is 9.27. The Hall–Kier alpha value is -4.00. The van der Waals surface area contributed by atoms with Crippen LogP contribution in [-0.2, 0) is 6.42 Å². The third-order valence-corrected chi connectivity index (χ3v) is 6.35. The second kappa shape index (κ2) is 12.1. The molecule has 3 aromatic carbocycles. The van der Waals surface area contributed by atoms with E-state index in [1.165, 1.54) is 11.9 Å². The van der Waals surface area contributed by atoms with Crippen LogP contribution in [0.15, 0.2) is 65.6 Å². The van der Waals surface area contributed by atoms with Gasteiger partial charge in [0.1, 0.15) is 11.5 Å². The third kappa shape index (κ3) is 5.97. The Morgan fingerprint density at radius 1 is 0.944 bits per heavy atom. The highest BCUT2D eigenvalue weighted by atomic mass is 32.2. The zero-order valence-corrected chi connectivity index (χ0v) is 20.9. The van der Waals surface area contributed by atoms with Crippen LogP contribution < -0.4 is 19.5 Å². The molecule has 36 heavy (non-hydrogen) atoms. The number of aliphatic hydroxyl groups is 1. The normalized spacial score (nSPS) is 10.6. The number of anilines is 3. The number of hydrogen-bond donors (Lipinski definition) is 3. The summed E-state index contributed by atoms with van der Waals surface area (Å²) in [5, 5.41) is 21.8. The molecule has 0 aliphatic heterocycles. The SMILES string of the molecule is COc1cc(Nc2nc3ccccc3nc2NSc2ccc(C#N)cc2)c(CCCCO)c(OC)c1. The minimum Gasteiger partial charge on any atom is -0.497 e. The molecule has 8 nitrogen and oxygen atoms in total. The number of unbranched alkanes of at least 4 members (excludes halogenated alkanes) is 1. The number of nitrogens with one attached hydrogen (secondary N) is 2. The lowest BCUT2D eigenvalue weighted by Gasteiger charge is -2.19. The Morgan fingerprint density at radius 3 is 2.31 bits per heavy atom. The van der Waals surface area contributed by atoms with Gasteiger partial charge >= 0.3 is 0 Å². The number of hydrogen-bond acceptors (Lipinski definition) is 9. The lowest BCUT2D eigenvalue weighted by molar-refractivity contribution is 0.284. The standard InChI is InChI=1S/C27H27N5O3S/c1-34-19-15-24(21(7-5-6-14-33)25(16-19)35-2)31-26-27(30-23-9-4-3-8-22(23)29-26)32-36-20-12-10-18(17-28)11-13-20/h3-4,8-13,15-16,33H,5-7,14H2,1-2H3,(H,29,31)(H,30,32). The molecule has 0 atom stereocenters. The van der Waals surface area contributed by atoms with Gasteiger partial charge in [0.2, 0.25) is 0 Å². The summed E-state index contributed by atoms with van der Waals surface area (Å²) in [5.74, 6) is 2.46. The van der Waals surface area contributed by atoms with Crippen LogP contribution >= 0.6 is 11.9 Å². The van der Waals surface area contributed by atoms with E-state index >= 15 is 0 Å². The van der Waals surface area contributed by atoms with Crippen LogP contribution in [-0.4, -0.2) is 35.9 Å². The van der Waals surface area contributed by atoms with Crippen molar-refractivity contribution in [1.82, 2.24) is 9.97 Å². The van der Waals surface area contributed by atoms with Crippen LogP contribution in [0.4, 0.5) is 17.3 Å². The Bertz CT molecular complexity index is 1370. The van der Waals surface area contributed by atoms with Crippen LogP contribution in [0.5, 0.6) is 11.5 Å². The van der Waals surface area contributed by atoms with Gasteiger partial charge in [-0.3, -0.25) is 0 Å². The highest BCUT2D eigenvalue weighted by molar-refractivity contribution is 8.00. The van der Waals surface area contributed by atoms with E-state index in [-0.39, 0.29) is 6.61 Å². The Kier molecular flexibility index (Phi) is 8.44. The summed E-state index contributed by atoms with van der Waals surface area (Å²) in [6.45, 7) is 0.137. The van der Waals surface area contributed by atoms with Gasteiger partial charge in [0.15, 0.2) is 11.6 Å². The van der Waals surface area contributed by atoms with E-state index in [1.807, 2.05) is 48.5 Å². The van der Waals surface area contributed by atoms with E-state index in [9.17, 15) is 5.11 Å². The van der Waals surface area contributed by atoms with Crippen molar-refractivity contribution in [3.05, 3.63) is 71.8 Å². The quantitative estimate of drug-likeness (QED) is 0.176. The van der Waals surface area contributed by atoms with Gasteiger partial charge in [-0.25, -0.2) is 9.97 Å². The average molecular weight is 502 g/mol. The number of nitriles is 1. The summed E-state index contributed by atoms with van der Waals surface area (Å²) in [7, 11) is 3.24. The van der Waals surface area contributed by atoms with Crippen LogP contribution in [0.1, 0.15) is 24.0 Å². The molecule has 0 spiro atoms. The molecule has 184 valence electrons. The van der Waals surface area contributed by atoms with Gasteiger partial charge in [-0.05, 0) is 67.6 Å². The summed E-state index contributed by atoms with van der Waals surface area (Å²) in [5.41, 5.74) is 3.88. The molecule has 9 heteroatoms. The van der Waals surface area contributed by atoms with Crippen molar-refractivity contribution < 1.29 is 14.6 Å². The molecule has 0 bridgehead atoms. The molecule has 0 saturated heterocycles. The monoisotopic (exact) mass is 501 g/mol. The molecule has 3 N–H and O–H groups in total. The highest BCUT2D eigenvalue weighted by Crippen LogP contribution is 2.37. The lowest BCUT2D eigenvalue weighted by atomic mass is 10.0. The van der Waals surface area contributed by atoms with Gasteiger partial charge in [-0.2, -0.15) is 5.26 Å². The van der Waals surface area contributed by atoms with Gasteiger partial charge in [0, 0.05) is 29.2 Å². The van der Waals surface area contributed by atoms with Crippen molar-refractivity contribution in [2.24, 2.45) is 0 Å². The van der Waals surface area contributed by atoms with Gasteiger partial charge in [0.25, 0.3) is 0 Å². The number of rotatable bonds is 11. The zero-order chi connectivity index (χ0) is 25.3.